The molecule has 28 heavy (non-hydrogen) atoms. The number of likely N-dealkylation sites (N-methyl/N-ethyl adjacent to an activating group) is 1. The number of carbonyl (C=O) groups is 2. The van der Waals surface area contributed by atoms with Crippen molar-refractivity contribution in [1.82, 2.24) is 19.8 Å². The third kappa shape index (κ3) is 5.64. The fourth-order valence-electron chi connectivity index (χ4n) is 3.09. The summed E-state index contributed by atoms with van der Waals surface area (Å²) in [4.78, 5) is 39.2. The second-order valence-corrected chi connectivity index (χ2v) is 8.11. The van der Waals surface area contributed by atoms with Crippen LogP contribution in [-0.4, -0.2) is 78.0 Å². The molecule has 2 rings (SSSR count). The number of aromatic nitrogens is 2. The second-order valence-electron chi connectivity index (χ2n) is 8.11. The molecular weight excluding hydrogens is 358 g/mol. The molecule has 1 saturated heterocycles. The van der Waals surface area contributed by atoms with E-state index in [0.717, 1.165) is 11.5 Å². The number of nitrogens with zero attached hydrogens (tertiary/aromatic N) is 5. The predicted octanol–water partition coefficient (Wildman–Crippen LogP) is 1.65. The number of rotatable bonds is 8. The Kier molecular flexibility index (Phi) is 7.35. The minimum Gasteiger partial charge on any atom is -0.369 e. The molecule has 1 fully saturated rings. The van der Waals surface area contributed by atoms with E-state index in [0.29, 0.717) is 25.3 Å². The lowest BCUT2D eigenvalue weighted by Crippen LogP contribution is -2.32. The van der Waals surface area contributed by atoms with Crippen LogP contribution in [0.15, 0.2) is 6.07 Å². The highest BCUT2D eigenvalue weighted by molar-refractivity contribution is 5.80. The third-order valence-corrected chi connectivity index (χ3v) is 4.78. The van der Waals surface area contributed by atoms with Crippen LogP contribution in [0.3, 0.4) is 0 Å². The van der Waals surface area contributed by atoms with Gasteiger partial charge in [-0.3, -0.25) is 9.59 Å². The largest absolute Gasteiger partial charge is 0.369 e. The zero-order valence-electron chi connectivity index (χ0n) is 18.1. The zero-order chi connectivity index (χ0) is 21.0. The van der Waals surface area contributed by atoms with Gasteiger partial charge in [-0.1, -0.05) is 0 Å². The lowest BCUT2D eigenvalue weighted by Gasteiger charge is -2.22. The highest BCUT2D eigenvalue weighted by atomic mass is 16.5. The van der Waals surface area contributed by atoms with E-state index in [1.54, 1.807) is 11.9 Å². The van der Waals surface area contributed by atoms with E-state index in [2.05, 4.69) is 4.98 Å². The van der Waals surface area contributed by atoms with Crippen molar-refractivity contribution in [2.75, 3.05) is 39.2 Å². The van der Waals surface area contributed by atoms with Crippen molar-refractivity contribution < 1.29 is 14.3 Å². The van der Waals surface area contributed by atoms with Gasteiger partial charge in [0.25, 0.3) is 0 Å². The first-order valence-corrected chi connectivity index (χ1v) is 9.78. The summed E-state index contributed by atoms with van der Waals surface area (Å²) < 4.78 is 5.39. The number of hydrogen-bond donors (Lipinski definition) is 0. The highest BCUT2D eigenvalue weighted by Crippen LogP contribution is 2.29. The number of hydrogen-bond acceptors (Lipinski definition) is 6. The van der Waals surface area contributed by atoms with Gasteiger partial charge in [0.2, 0.25) is 11.8 Å². The van der Waals surface area contributed by atoms with Crippen molar-refractivity contribution in [1.29, 1.82) is 0 Å². The van der Waals surface area contributed by atoms with Crippen molar-refractivity contribution in [3.05, 3.63) is 17.6 Å². The smallest absolute Gasteiger partial charge is 0.248 e. The van der Waals surface area contributed by atoms with Crippen LogP contribution in [0, 0.1) is 0 Å². The van der Waals surface area contributed by atoms with Gasteiger partial charge in [0, 0.05) is 52.1 Å². The minimum atomic E-state index is -0.115. The van der Waals surface area contributed by atoms with E-state index in [-0.39, 0.29) is 36.5 Å². The maximum absolute atomic E-state index is 12.3. The molecule has 0 unspecified atom stereocenters. The highest BCUT2D eigenvalue weighted by Gasteiger charge is 2.33. The van der Waals surface area contributed by atoms with E-state index < -0.39 is 0 Å². The molecule has 0 bridgehead atoms. The molecule has 1 aliphatic heterocycles. The van der Waals surface area contributed by atoms with Crippen LogP contribution >= 0.6 is 0 Å². The normalized spacial score (nSPS) is 17.0. The van der Waals surface area contributed by atoms with Crippen molar-refractivity contribution in [2.45, 2.75) is 58.7 Å². The summed E-state index contributed by atoms with van der Waals surface area (Å²) in [5.41, 5.74) is 0.851. The van der Waals surface area contributed by atoms with Gasteiger partial charge in [0.15, 0.2) is 0 Å². The Morgan fingerprint density at radius 2 is 1.93 bits per heavy atom. The second kappa shape index (κ2) is 9.32. The molecule has 1 atom stereocenters. The Morgan fingerprint density at radius 1 is 1.25 bits per heavy atom. The Hall–Kier alpha value is -2.22. The van der Waals surface area contributed by atoms with Crippen LogP contribution in [-0.2, 0) is 20.9 Å². The fourth-order valence-corrected chi connectivity index (χ4v) is 3.09. The standard InChI is InChI=1S/C20H33N5O3/c1-13(2)25-10-15(8-19(25)26)16-9-18(23(5)6)22-17(21-16)11-24(7)20(27)12-28-14(3)4/h9,13-15H,8,10-12H2,1-7H3/t15-/m0/s1. The maximum atomic E-state index is 12.3. The van der Waals surface area contributed by atoms with Gasteiger partial charge in [-0.2, -0.15) is 0 Å². The summed E-state index contributed by atoms with van der Waals surface area (Å²) >= 11 is 0. The van der Waals surface area contributed by atoms with Gasteiger partial charge in [-0.25, -0.2) is 9.97 Å². The zero-order valence-corrected chi connectivity index (χ0v) is 18.1. The molecule has 8 heteroatoms. The van der Waals surface area contributed by atoms with Crippen LogP contribution in [0.1, 0.15) is 51.6 Å². The molecule has 2 heterocycles. The number of anilines is 1. The SMILES string of the molecule is CC(C)OCC(=O)N(C)Cc1nc([C@H]2CC(=O)N(C(C)C)C2)cc(N(C)C)n1. The number of ether oxygens (including phenoxy) is 1. The summed E-state index contributed by atoms with van der Waals surface area (Å²) in [6.07, 6.45) is 0.458. The molecule has 1 aliphatic rings. The summed E-state index contributed by atoms with van der Waals surface area (Å²) in [6, 6.07) is 2.12. The lowest BCUT2D eigenvalue weighted by molar-refractivity contribution is -0.136. The van der Waals surface area contributed by atoms with Crippen molar-refractivity contribution >= 4 is 17.6 Å². The molecule has 0 aliphatic carbocycles. The summed E-state index contributed by atoms with van der Waals surface area (Å²) in [6.45, 7) is 8.84. The van der Waals surface area contributed by atoms with Gasteiger partial charge in [0.1, 0.15) is 18.2 Å². The topological polar surface area (TPSA) is 78.9 Å². The molecular formula is C20H33N5O3. The molecule has 0 saturated carbocycles. The first kappa shape index (κ1) is 22.1. The average Bonchev–Trinajstić information content (AvgIpc) is 3.01. The fraction of sp³-hybridized carbons (Fsp3) is 0.700. The molecule has 0 spiro atoms. The monoisotopic (exact) mass is 391 g/mol. The molecule has 156 valence electrons. The first-order chi connectivity index (χ1) is 13.1. The average molecular weight is 392 g/mol. The Labute approximate surface area is 167 Å². The quantitative estimate of drug-likeness (QED) is 0.670. The Balaban J connectivity index is 2.19. The maximum Gasteiger partial charge on any atom is 0.248 e. The van der Waals surface area contributed by atoms with Crippen LogP contribution < -0.4 is 4.90 Å². The summed E-state index contributed by atoms with van der Waals surface area (Å²) in [5.74, 6) is 1.42. The van der Waals surface area contributed by atoms with Crippen LogP contribution in [0.5, 0.6) is 0 Å². The number of carbonyl (C=O) groups excluding carboxylic acids is 2. The van der Waals surface area contributed by atoms with Crippen molar-refractivity contribution in [3.8, 4) is 0 Å². The Morgan fingerprint density at radius 3 is 2.46 bits per heavy atom. The van der Waals surface area contributed by atoms with Crippen LogP contribution in [0.2, 0.25) is 0 Å². The van der Waals surface area contributed by atoms with Gasteiger partial charge < -0.3 is 19.4 Å². The Bertz CT molecular complexity index is 705. The molecule has 0 aromatic carbocycles. The van der Waals surface area contributed by atoms with Gasteiger partial charge >= 0.3 is 0 Å². The molecule has 0 N–H and O–H groups in total. The molecule has 2 amide bonds. The molecule has 0 radical (unpaired) electrons. The van der Waals surface area contributed by atoms with Gasteiger partial charge in [-0.05, 0) is 27.7 Å². The van der Waals surface area contributed by atoms with E-state index >= 15 is 0 Å². The van der Waals surface area contributed by atoms with Crippen LogP contribution in [0.4, 0.5) is 5.82 Å². The van der Waals surface area contributed by atoms with Gasteiger partial charge in [0.05, 0.1) is 18.3 Å². The third-order valence-electron chi connectivity index (χ3n) is 4.78. The minimum absolute atomic E-state index is 0.000998. The summed E-state index contributed by atoms with van der Waals surface area (Å²) in [5, 5.41) is 0. The van der Waals surface area contributed by atoms with Crippen LogP contribution in [0.25, 0.3) is 0 Å². The number of likely N-dealkylation sites (tertiary alicyclic amines) is 1. The number of amides is 2. The molecule has 1 aromatic rings. The van der Waals surface area contributed by atoms with Crippen molar-refractivity contribution in [3.63, 3.8) is 0 Å². The molecule has 1 aromatic heterocycles. The van der Waals surface area contributed by atoms with E-state index in [4.69, 9.17) is 9.72 Å². The van der Waals surface area contributed by atoms with Crippen molar-refractivity contribution in [2.24, 2.45) is 0 Å². The summed E-state index contributed by atoms with van der Waals surface area (Å²) in [7, 11) is 5.56. The van der Waals surface area contributed by atoms with E-state index in [1.165, 1.54) is 0 Å². The first-order valence-electron chi connectivity index (χ1n) is 9.78. The lowest BCUT2D eigenvalue weighted by atomic mass is 10.0. The predicted molar refractivity (Wildman–Crippen MR) is 108 cm³/mol. The van der Waals surface area contributed by atoms with E-state index in [1.807, 2.05) is 57.7 Å². The van der Waals surface area contributed by atoms with E-state index in [9.17, 15) is 9.59 Å². The van der Waals surface area contributed by atoms with Gasteiger partial charge in [-0.15, -0.1) is 0 Å². The molecule has 8 nitrogen and oxygen atoms in total.